The van der Waals surface area contributed by atoms with Gasteiger partial charge in [-0.2, -0.15) is 4.72 Å². The molecule has 0 amide bonds. The van der Waals surface area contributed by atoms with E-state index < -0.39 is 22.0 Å². The molecular formula is C10H12ClNO4S. The highest BCUT2D eigenvalue weighted by Gasteiger charge is 2.23. The molecule has 0 unspecified atom stereocenters. The minimum atomic E-state index is -3.91. The molecule has 1 aromatic rings. The molecule has 0 saturated heterocycles. The molecule has 0 spiro atoms. The molecule has 0 aromatic heterocycles. The fraction of sp³-hybridized carbons (Fsp3) is 0.300. The number of rotatable bonds is 4. The molecule has 0 heterocycles. The van der Waals surface area contributed by atoms with Gasteiger partial charge in [0.1, 0.15) is 10.9 Å². The molecule has 0 radical (unpaired) electrons. The summed E-state index contributed by atoms with van der Waals surface area (Å²) in [6.07, 6.45) is 0. The number of sulfonamides is 1. The number of aryl methyl sites for hydroxylation is 1. The van der Waals surface area contributed by atoms with Crippen molar-refractivity contribution in [2.75, 3.05) is 0 Å². The Morgan fingerprint density at radius 1 is 1.47 bits per heavy atom. The SMILES string of the molecule is Cc1ccc(S(=O)(=O)N[C@H](C)C(=O)O)c(Cl)c1. The van der Waals surface area contributed by atoms with Crippen LogP contribution in [0.25, 0.3) is 0 Å². The van der Waals surface area contributed by atoms with Crippen molar-refractivity contribution in [2.24, 2.45) is 0 Å². The smallest absolute Gasteiger partial charge is 0.321 e. The van der Waals surface area contributed by atoms with E-state index in [1.54, 1.807) is 13.0 Å². The fourth-order valence-electron chi connectivity index (χ4n) is 1.17. The molecule has 7 heteroatoms. The molecule has 0 bridgehead atoms. The van der Waals surface area contributed by atoms with Crippen LogP contribution in [0, 0.1) is 6.92 Å². The number of carboxylic acids is 1. The first-order valence-electron chi connectivity index (χ1n) is 4.75. The molecule has 1 rings (SSSR count). The highest BCUT2D eigenvalue weighted by atomic mass is 35.5. The van der Waals surface area contributed by atoms with E-state index in [9.17, 15) is 13.2 Å². The van der Waals surface area contributed by atoms with Gasteiger partial charge in [-0.05, 0) is 31.5 Å². The molecular weight excluding hydrogens is 266 g/mol. The van der Waals surface area contributed by atoms with Crippen molar-refractivity contribution < 1.29 is 18.3 Å². The summed E-state index contributed by atoms with van der Waals surface area (Å²) in [5.74, 6) is -1.25. The van der Waals surface area contributed by atoms with Crippen LogP contribution in [-0.2, 0) is 14.8 Å². The fourth-order valence-corrected chi connectivity index (χ4v) is 2.97. The Balaban J connectivity index is 3.10. The molecule has 0 aliphatic heterocycles. The van der Waals surface area contributed by atoms with Crippen LogP contribution in [0.1, 0.15) is 12.5 Å². The lowest BCUT2D eigenvalue weighted by Crippen LogP contribution is -2.38. The highest BCUT2D eigenvalue weighted by molar-refractivity contribution is 7.89. The Kier molecular flexibility index (Phi) is 4.13. The van der Waals surface area contributed by atoms with E-state index in [0.29, 0.717) is 0 Å². The Morgan fingerprint density at radius 2 is 2.06 bits per heavy atom. The largest absolute Gasteiger partial charge is 0.480 e. The predicted molar refractivity (Wildman–Crippen MR) is 63.6 cm³/mol. The second-order valence-electron chi connectivity index (χ2n) is 3.62. The van der Waals surface area contributed by atoms with E-state index in [2.05, 4.69) is 0 Å². The number of carboxylic acid groups (broad SMARTS) is 1. The number of halogens is 1. The van der Waals surface area contributed by atoms with Crippen molar-refractivity contribution in [1.29, 1.82) is 0 Å². The second kappa shape index (κ2) is 5.03. The highest BCUT2D eigenvalue weighted by Crippen LogP contribution is 2.22. The molecule has 0 aliphatic carbocycles. The topological polar surface area (TPSA) is 83.5 Å². The monoisotopic (exact) mass is 277 g/mol. The zero-order valence-corrected chi connectivity index (χ0v) is 10.8. The molecule has 5 nitrogen and oxygen atoms in total. The van der Waals surface area contributed by atoms with Crippen LogP contribution < -0.4 is 4.72 Å². The third kappa shape index (κ3) is 3.42. The van der Waals surface area contributed by atoms with Crippen LogP contribution in [0.5, 0.6) is 0 Å². The van der Waals surface area contributed by atoms with Gasteiger partial charge in [0.15, 0.2) is 0 Å². The number of hydrogen-bond donors (Lipinski definition) is 2. The lowest BCUT2D eigenvalue weighted by atomic mass is 10.2. The number of aliphatic carboxylic acids is 1. The van der Waals surface area contributed by atoms with Gasteiger partial charge in [0.25, 0.3) is 0 Å². The van der Waals surface area contributed by atoms with Crippen LogP contribution in [-0.4, -0.2) is 25.5 Å². The van der Waals surface area contributed by atoms with Gasteiger partial charge in [0.2, 0.25) is 10.0 Å². The van der Waals surface area contributed by atoms with E-state index in [4.69, 9.17) is 16.7 Å². The van der Waals surface area contributed by atoms with E-state index >= 15 is 0 Å². The van der Waals surface area contributed by atoms with Crippen molar-refractivity contribution >= 4 is 27.6 Å². The molecule has 94 valence electrons. The maximum absolute atomic E-state index is 11.8. The first-order valence-corrected chi connectivity index (χ1v) is 6.61. The van der Waals surface area contributed by atoms with Gasteiger partial charge < -0.3 is 5.11 Å². The predicted octanol–water partition coefficient (Wildman–Crippen LogP) is 1.40. The van der Waals surface area contributed by atoms with Crippen molar-refractivity contribution in [3.05, 3.63) is 28.8 Å². The quantitative estimate of drug-likeness (QED) is 0.871. The minimum Gasteiger partial charge on any atom is -0.480 e. The van der Waals surface area contributed by atoms with E-state index in [0.717, 1.165) is 5.56 Å². The van der Waals surface area contributed by atoms with Crippen LogP contribution in [0.4, 0.5) is 0 Å². The van der Waals surface area contributed by atoms with E-state index in [1.807, 2.05) is 4.72 Å². The van der Waals surface area contributed by atoms with Crippen LogP contribution in [0.2, 0.25) is 5.02 Å². The Bertz CT molecular complexity index is 541. The summed E-state index contributed by atoms with van der Waals surface area (Å²) < 4.78 is 25.7. The number of benzene rings is 1. The van der Waals surface area contributed by atoms with Crippen LogP contribution >= 0.6 is 11.6 Å². The summed E-state index contributed by atoms with van der Waals surface area (Å²) in [7, 11) is -3.91. The first-order chi connectivity index (χ1) is 7.74. The summed E-state index contributed by atoms with van der Waals surface area (Å²) in [4.78, 5) is 10.5. The van der Waals surface area contributed by atoms with Crippen LogP contribution in [0.15, 0.2) is 23.1 Å². The molecule has 17 heavy (non-hydrogen) atoms. The third-order valence-corrected chi connectivity index (χ3v) is 4.10. The lowest BCUT2D eigenvalue weighted by Gasteiger charge is -2.11. The summed E-state index contributed by atoms with van der Waals surface area (Å²) >= 11 is 5.81. The second-order valence-corrected chi connectivity index (χ2v) is 5.70. The molecule has 0 aliphatic rings. The number of hydrogen-bond acceptors (Lipinski definition) is 3. The summed E-state index contributed by atoms with van der Waals surface area (Å²) in [5.41, 5.74) is 0.820. The zero-order valence-electron chi connectivity index (χ0n) is 9.27. The third-order valence-electron chi connectivity index (χ3n) is 2.08. The average Bonchev–Trinajstić information content (AvgIpc) is 2.15. The van der Waals surface area contributed by atoms with Crippen molar-refractivity contribution in [3.63, 3.8) is 0 Å². The average molecular weight is 278 g/mol. The van der Waals surface area contributed by atoms with Crippen molar-refractivity contribution in [3.8, 4) is 0 Å². The van der Waals surface area contributed by atoms with E-state index in [1.165, 1.54) is 19.1 Å². The minimum absolute atomic E-state index is 0.0649. The lowest BCUT2D eigenvalue weighted by molar-refractivity contribution is -0.138. The van der Waals surface area contributed by atoms with Crippen LogP contribution in [0.3, 0.4) is 0 Å². The van der Waals surface area contributed by atoms with Gasteiger partial charge in [-0.25, -0.2) is 8.42 Å². The maximum atomic E-state index is 11.8. The Hall–Kier alpha value is -1.11. The van der Waals surface area contributed by atoms with Crippen molar-refractivity contribution in [1.82, 2.24) is 4.72 Å². The summed E-state index contributed by atoms with van der Waals surface area (Å²) in [6, 6.07) is 3.22. The van der Waals surface area contributed by atoms with Gasteiger partial charge in [-0.15, -0.1) is 0 Å². The molecule has 1 aromatic carbocycles. The standard InChI is InChI=1S/C10H12ClNO4S/c1-6-3-4-9(8(11)5-6)17(15,16)12-7(2)10(13)14/h3-5,7,12H,1-2H3,(H,13,14)/t7-/m1/s1. The molecule has 0 fully saturated rings. The zero-order chi connectivity index (χ0) is 13.2. The summed E-state index contributed by atoms with van der Waals surface area (Å²) in [5, 5.41) is 8.71. The Labute approximate surface area is 104 Å². The van der Waals surface area contributed by atoms with Gasteiger partial charge in [-0.1, -0.05) is 17.7 Å². The molecule has 0 saturated carbocycles. The maximum Gasteiger partial charge on any atom is 0.321 e. The van der Waals surface area contributed by atoms with Gasteiger partial charge in [-0.3, -0.25) is 4.79 Å². The Morgan fingerprint density at radius 3 is 2.53 bits per heavy atom. The molecule has 2 N–H and O–H groups in total. The summed E-state index contributed by atoms with van der Waals surface area (Å²) in [6.45, 7) is 3.01. The first kappa shape index (κ1) is 14.0. The molecule has 1 atom stereocenters. The van der Waals surface area contributed by atoms with E-state index in [-0.39, 0.29) is 9.92 Å². The normalized spacial score (nSPS) is 13.4. The van der Waals surface area contributed by atoms with Gasteiger partial charge >= 0.3 is 5.97 Å². The number of nitrogens with one attached hydrogen (secondary N) is 1. The number of carbonyl (C=O) groups is 1. The van der Waals surface area contributed by atoms with Gasteiger partial charge in [0.05, 0.1) is 5.02 Å². The van der Waals surface area contributed by atoms with Crippen molar-refractivity contribution in [2.45, 2.75) is 24.8 Å². The van der Waals surface area contributed by atoms with Gasteiger partial charge in [0, 0.05) is 0 Å².